The number of methoxy groups -OCH3 is 1. The van der Waals surface area contributed by atoms with Gasteiger partial charge in [0.1, 0.15) is 5.75 Å². The fourth-order valence-electron chi connectivity index (χ4n) is 2.76. The molecule has 1 aromatic heterocycles. The molecule has 146 valence electrons. The predicted molar refractivity (Wildman–Crippen MR) is 107 cm³/mol. The zero-order valence-electron chi connectivity index (χ0n) is 15.6. The topological polar surface area (TPSA) is 90.3 Å². The van der Waals surface area contributed by atoms with E-state index in [-0.39, 0.29) is 23.5 Å². The molecule has 8 heteroatoms. The monoisotopic (exact) mass is 399 g/mol. The van der Waals surface area contributed by atoms with Crippen molar-refractivity contribution in [2.75, 3.05) is 13.7 Å². The van der Waals surface area contributed by atoms with Gasteiger partial charge in [-0.2, -0.15) is 5.10 Å². The summed E-state index contributed by atoms with van der Waals surface area (Å²) >= 11 is 0. The minimum Gasteiger partial charge on any atom is -0.496 e. The zero-order valence-corrected chi connectivity index (χ0v) is 16.4. The highest BCUT2D eigenvalue weighted by Crippen LogP contribution is 2.21. The van der Waals surface area contributed by atoms with Crippen molar-refractivity contribution in [1.29, 1.82) is 0 Å². The quantitative estimate of drug-likeness (QED) is 0.658. The molecule has 0 atom stereocenters. The number of rotatable bonds is 7. The van der Waals surface area contributed by atoms with E-state index in [1.54, 1.807) is 25.1 Å². The van der Waals surface area contributed by atoms with Crippen molar-refractivity contribution in [3.63, 3.8) is 0 Å². The Labute approximate surface area is 163 Å². The van der Waals surface area contributed by atoms with Crippen LogP contribution in [-0.4, -0.2) is 31.9 Å². The lowest BCUT2D eigenvalue weighted by Gasteiger charge is -2.11. The molecule has 0 fully saturated rings. The molecule has 0 aliphatic rings. The van der Waals surface area contributed by atoms with E-state index < -0.39 is 10.0 Å². The van der Waals surface area contributed by atoms with Gasteiger partial charge >= 0.3 is 0 Å². The maximum atomic E-state index is 12.5. The second kappa shape index (κ2) is 8.37. The number of hydrogen-bond acceptors (Lipinski definition) is 5. The van der Waals surface area contributed by atoms with E-state index in [9.17, 15) is 13.2 Å². The molecule has 3 aromatic rings. The van der Waals surface area contributed by atoms with Gasteiger partial charge in [-0.25, -0.2) is 17.8 Å². The lowest BCUT2D eigenvalue weighted by molar-refractivity contribution is 0.411. The molecule has 28 heavy (non-hydrogen) atoms. The zero-order chi connectivity index (χ0) is 20.1. The van der Waals surface area contributed by atoms with Gasteiger partial charge in [-0.3, -0.25) is 4.79 Å². The highest BCUT2D eigenvalue weighted by molar-refractivity contribution is 7.89. The number of nitrogens with one attached hydrogen (secondary N) is 1. The van der Waals surface area contributed by atoms with E-state index >= 15 is 0 Å². The van der Waals surface area contributed by atoms with E-state index in [0.717, 1.165) is 11.1 Å². The van der Waals surface area contributed by atoms with Crippen molar-refractivity contribution in [2.24, 2.45) is 0 Å². The normalized spacial score (nSPS) is 11.4. The third kappa shape index (κ3) is 4.47. The van der Waals surface area contributed by atoms with Crippen LogP contribution in [0.3, 0.4) is 0 Å². The summed E-state index contributed by atoms with van der Waals surface area (Å²) in [6.45, 7) is 1.93. The molecule has 0 aliphatic heterocycles. The molecule has 3 rings (SSSR count). The first-order valence-electron chi connectivity index (χ1n) is 8.68. The maximum absolute atomic E-state index is 12.5. The Bertz CT molecular complexity index is 1130. The van der Waals surface area contributed by atoms with Gasteiger partial charge in [0.25, 0.3) is 5.56 Å². The van der Waals surface area contributed by atoms with Crippen LogP contribution in [0.4, 0.5) is 0 Å². The second-order valence-corrected chi connectivity index (χ2v) is 7.94. The van der Waals surface area contributed by atoms with Crippen LogP contribution in [-0.2, 0) is 16.6 Å². The fraction of sp³-hybridized carbons (Fsp3) is 0.200. The lowest BCUT2D eigenvalue weighted by Crippen LogP contribution is -2.32. The Morgan fingerprint density at radius 3 is 2.50 bits per heavy atom. The van der Waals surface area contributed by atoms with Gasteiger partial charge in [0.15, 0.2) is 0 Å². The van der Waals surface area contributed by atoms with Crippen molar-refractivity contribution in [2.45, 2.75) is 18.4 Å². The molecule has 0 unspecified atom stereocenters. The Hall–Kier alpha value is -2.97. The molecule has 0 bridgehead atoms. The van der Waals surface area contributed by atoms with Gasteiger partial charge in [0, 0.05) is 18.2 Å². The number of benzene rings is 2. The predicted octanol–water partition coefficient (Wildman–Crippen LogP) is 2.21. The maximum Gasteiger partial charge on any atom is 0.266 e. The summed E-state index contributed by atoms with van der Waals surface area (Å²) in [6.07, 6.45) is 0. The van der Waals surface area contributed by atoms with Crippen LogP contribution in [0.25, 0.3) is 11.3 Å². The average molecular weight is 399 g/mol. The first-order chi connectivity index (χ1) is 13.4. The van der Waals surface area contributed by atoms with Gasteiger partial charge in [-0.15, -0.1) is 0 Å². The molecular formula is C20H21N3O4S. The molecule has 2 aromatic carbocycles. The van der Waals surface area contributed by atoms with Crippen LogP contribution in [0.15, 0.2) is 70.4 Å². The van der Waals surface area contributed by atoms with Crippen LogP contribution in [0.5, 0.6) is 5.75 Å². The van der Waals surface area contributed by atoms with Crippen molar-refractivity contribution < 1.29 is 13.2 Å². The number of hydrogen-bond donors (Lipinski definition) is 1. The van der Waals surface area contributed by atoms with Gasteiger partial charge in [-0.1, -0.05) is 30.3 Å². The summed E-state index contributed by atoms with van der Waals surface area (Å²) in [5.74, 6) is 0.618. The largest absolute Gasteiger partial charge is 0.496 e. The van der Waals surface area contributed by atoms with Crippen molar-refractivity contribution in [1.82, 2.24) is 14.5 Å². The lowest BCUT2D eigenvalue weighted by atomic mass is 10.1. The Morgan fingerprint density at radius 2 is 1.82 bits per heavy atom. The van der Waals surface area contributed by atoms with Crippen molar-refractivity contribution in [3.8, 4) is 17.0 Å². The van der Waals surface area contributed by atoms with Crippen molar-refractivity contribution >= 4 is 10.0 Å². The summed E-state index contributed by atoms with van der Waals surface area (Å²) in [7, 11) is -2.17. The molecule has 0 amide bonds. The Balaban J connectivity index is 1.72. The van der Waals surface area contributed by atoms with Crippen LogP contribution >= 0.6 is 0 Å². The van der Waals surface area contributed by atoms with E-state index in [1.165, 1.54) is 23.9 Å². The first kappa shape index (κ1) is 19.8. The molecule has 0 radical (unpaired) electrons. The molecular weight excluding hydrogens is 378 g/mol. The Kier molecular flexibility index (Phi) is 5.91. The number of nitrogens with zero attached hydrogens (tertiary/aromatic N) is 2. The summed E-state index contributed by atoms with van der Waals surface area (Å²) in [5, 5.41) is 4.32. The highest BCUT2D eigenvalue weighted by atomic mass is 32.2. The highest BCUT2D eigenvalue weighted by Gasteiger charge is 2.15. The van der Waals surface area contributed by atoms with E-state index in [4.69, 9.17) is 4.74 Å². The summed E-state index contributed by atoms with van der Waals surface area (Å²) < 4.78 is 33.9. The smallest absolute Gasteiger partial charge is 0.266 e. The minimum absolute atomic E-state index is 0.0402. The number of aromatic nitrogens is 2. The molecule has 0 aliphatic carbocycles. The van der Waals surface area contributed by atoms with Crippen LogP contribution in [0.2, 0.25) is 0 Å². The third-order valence-corrected chi connectivity index (χ3v) is 5.69. The molecule has 0 saturated carbocycles. The number of sulfonamides is 1. The van der Waals surface area contributed by atoms with Crippen molar-refractivity contribution in [3.05, 3.63) is 76.6 Å². The summed E-state index contributed by atoms with van der Waals surface area (Å²) in [6, 6.07) is 17.2. The van der Waals surface area contributed by atoms with Crippen LogP contribution < -0.4 is 15.0 Å². The third-order valence-electron chi connectivity index (χ3n) is 4.23. The van der Waals surface area contributed by atoms with Gasteiger partial charge in [-0.05, 0) is 36.8 Å². The van der Waals surface area contributed by atoms with Gasteiger partial charge in [0.2, 0.25) is 10.0 Å². The average Bonchev–Trinajstić information content (AvgIpc) is 2.70. The fourth-order valence-corrected chi connectivity index (χ4v) is 3.87. The van der Waals surface area contributed by atoms with E-state index in [1.807, 2.05) is 30.3 Å². The minimum atomic E-state index is -3.70. The van der Waals surface area contributed by atoms with Crippen LogP contribution in [0.1, 0.15) is 5.56 Å². The SMILES string of the molecule is COc1ccc(S(=O)(=O)NCCn2nc(-c3ccccc3)ccc2=O)cc1C. The standard InChI is InChI=1S/C20H21N3O4S/c1-15-14-17(8-10-19(15)27-2)28(25,26)21-12-13-23-20(24)11-9-18(22-23)16-6-4-3-5-7-16/h3-11,14,21H,12-13H2,1-2H3. The van der Waals surface area contributed by atoms with E-state index in [2.05, 4.69) is 9.82 Å². The molecule has 0 saturated heterocycles. The van der Waals surface area contributed by atoms with Gasteiger partial charge < -0.3 is 4.74 Å². The molecule has 1 heterocycles. The molecule has 1 N–H and O–H groups in total. The Morgan fingerprint density at radius 1 is 1.07 bits per heavy atom. The number of ether oxygens (including phenoxy) is 1. The second-order valence-electron chi connectivity index (χ2n) is 6.18. The van der Waals surface area contributed by atoms with Gasteiger partial charge in [0.05, 0.1) is 24.2 Å². The number of aryl methyl sites for hydroxylation is 1. The first-order valence-corrected chi connectivity index (χ1v) is 10.2. The summed E-state index contributed by atoms with van der Waals surface area (Å²) in [4.78, 5) is 12.2. The molecule has 0 spiro atoms. The molecule has 7 nitrogen and oxygen atoms in total. The summed E-state index contributed by atoms with van der Waals surface area (Å²) in [5.41, 5.74) is 1.96. The van der Waals surface area contributed by atoms with Crippen LogP contribution in [0, 0.1) is 6.92 Å². The van der Waals surface area contributed by atoms with E-state index in [0.29, 0.717) is 11.4 Å².